The summed E-state index contributed by atoms with van der Waals surface area (Å²) in [6, 6.07) is 10.7. The Morgan fingerprint density at radius 3 is 2.27 bits per heavy atom. The lowest BCUT2D eigenvalue weighted by molar-refractivity contribution is -0.0461. The van der Waals surface area contributed by atoms with Crippen LogP contribution in [-0.2, 0) is 16.6 Å². The highest BCUT2D eigenvalue weighted by molar-refractivity contribution is 7.92. The topological polar surface area (TPSA) is 106 Å². The number of rotatable bonds is 6. The zero-order valence-electron chi connectivity index (χ0n) is 22.3. The van der Waals surface area contributed by atoms with Crippen molar-refractivity contribution in [3.63, 3.8) is 0 Å². The number of hydrogen-bond acceptors (Lipinski definition) is 6. The minimum absolute atomic E-state index is 0.134. The molecule has 2 fully saturated rings. The summed E-state index contributed by atoms with van der Waals surface area (Å²) >= 11 is 0. The van der Waals surface area contributed by atoms with Gasteiger partial charge in [0.25, 0.3) is 10.0 Å². The van der Waals surface area contributed by atoms with Crippen LogP contribution in [-0.4, -0.2) is 72.7 Å². The molecular weight excluding hydrogens is 490 g/mol. The predicted octanol–water partition coefficient (Wildman–Crippen LogP) is 4.47. The summed E-state index contributed by atoms with van der Waals surface area (Å²) < 4.78 is 28.5. The third-order valence-electron chi connectivity index (χ3n) is 7.94. The molecule has 0 unspecified atom stereocenters. The van der Waals surface area contributed by atoms with E-state index in [0.717, 1.165) is 37.3 Å². The number of piperazine rings is 1. The summed E-state index contributed by atoms with van der Waals surface area (Å²) in [4.78, 5) is 22.4. The molecule has 1 aromatic heterocycles. The van der Waals surface area contributed by atoms with E-state index in [4.69, 9.17) is 0 Å². The van der Waals surface area contributed by atoms with E-state index in [1.54, 1.807) is 29.2 Å². The second-order valence-corrected chi connectivity index (χ2v) is 13.1. The molecule has 1 atom stereocenters. The molecule has 9 nitrogen and oxygen atoms in total. The van der Waals surface area contributed by atoms with E-state index < -0.39 is 21.7 Å². The van der Waals surface area contributed by atoms with Gasteiger partial charge in [0.15, 0.2) is 0 Å². The van der Waals surface area contributed by atoms with Crippen molar-refractivity contribution in [1.82, 2.24) is 14.8 Å². The number of aromatic nitrogens is 1. The van der Waals surface area contributed by atoms with Crippen LogP contribution in [0.1, 0.15) is 52.5 Å². The Kier molecular flexibility index (Phi) is 7.71. The van der Waals surface area contributed by atoms with Crippen LogP contribution in [0, 0.1) is 5.41 Å². The molecule has 1 amide bonds. The first-order valence-corrected chi connectivity index (χ1v) is 14.4. The first-order chi connectivity index (χ1) is 17.4. The molecule has 2 N–H and O–H groups in total. The molecule has 3 heterocycles. The molecule has 0 aliphatic carbocycles. The van der Waals surface area contributed by atoms with Crippen LogP contribution >= 0.6 is 0 Å². The van der Waals surface area contributed by atoms with Crippen LogP contribution in [0.3, 0.4) is 0 Å². The average Bonchev–Trinajstić information content (AvgIpc) is 2.85. The third-order valence-corrected chi connectivity index (χ3v) is 9.30. The first kappa shape index (κ1) is 27.2. The van der Waals surface area contributed by atoms with Crippen LogP contribution in [0.2, 0.25) is 0 Å². The van der Waals surface area contributed by atoms with Crippen molar-refractivity contribution in [2.75, 3.05) is 42.3 Å². The maximum atomic E-state index is 12.9. The SMILES string of the molecule is CC(C)(C)[C@@]1(C)CN(Cc2ccc(NS(=O)(=O)c3ccc(N4CCCCC4)nc3)cc2)CCN1C(=O)O. The summed E-state index contributed by atoms with van der Waals surface area (Å²) in [5, 5.41) is 9.74. The van der Waals surface area contributed by atoms with Crippen LogP contribution in [0.4, 0.5) is 16.3 Å². The molecule has 2 saturated heterocycles. The number of anilines is 2. The number of nitrogens with one attached hydrogen (secondary N) is 1. The number of amides is 1. The van der Waals surface area contributed by atoms with Crippen LogP contribution < -0.4 is 9.62 Å². The lowest BCUT2D eigenvalue weighted by Crippen LogP contribution is -2.67. The number of benzene rings is 1. The Labute approximate surface area is 220 Å². The quantitative estimate of drug-likeness (QED) is 0.569. The summed E-state index contributed by atoms with van der Waals surface area (Å²) in [6.45, 7) is 12.5. The molecule has 0 bridgehead atoms. The van der Waals surface area contributed by atoms with E-state index in [9.17, 15) is 18.3 Å². The van der Waals surface area contributed by atoms with E-state index in [1.807, 2.05) is 19.1 Å². The van der Waals surface area contributed by atoms with Gasteiger partial charge in [-0.3, -0.25) is 14.5 Å². The van der Waals surface area contributed by atoms with Gasteiger partial charge in [0.2, 0.25) is 0 Å². The monoisotopic (exact) mass is 529 g/mol. The van der Waals surface area contributed by atoms with Gasteiger partial charge in [0.05, 0.1) is 5.54 Å². The van der Waals surface area contributed by atoms with Crippen molar-refractivity contribution in [2.24, 2.45) is 5.41 Å². The van der Waals surface area contributed by atoms with Gasteiger partial charge in [-0.2, -0.15) is 0 Å². The highest BCUT2D eigenvalue weighted by Gasteiger charge is 2.48. The molecular formula is C27H39N5O4S. The van der Waals surface area contributed by atoms with Gasteiger partial charge in [-0.25, -0.2) is 18.2 Å². The number of carbonyl (C=O) groups is 1. The second kappa shape index (κ2) is 10.5. The zero-order valence-corrected chi connectivity index (χ0v) is 23.1. The van der Waals surface area contributed by atoms with Crippen molar-refractivity contribution in [3.8, 4) is 0 Å². The third kappa shape index (κ3) is 6.01. The Morgan fingerprint density at radius 1 is 1.03 bits per heavy atom. The highest BCUT2D eigenvalue weighted by atomic mass is 32.2. The molecule has 2 aliphatic heterocycles. The largest absolute Gasteiger partial charge is 0.465 e. The molecule has 1 aromatic carbocycles. The maximum Gasteiger partial charge on any atom is 0.407 e. The standard InChI is InChI=1S/C27H39N5O4S/c1-26(2,3)27(4)20-30(16-17-32(27)25(33)34)19-21-8-10-22(11-9-21)29-37(35,36)23-12-13-24(28-18-23)31-14-6-5-7-15-31/h8-13,18,29H,5-7,14-17,19-20H2,1-4H3,(H,33,34)/t27-/m1/s1. The summed E-state index contributed by atoms with van der Waals surface area (Å²) in [5.74, 6) is 0.815. The van der Waals surface area contributed by atoms with Crippen LogP contribution in [0.25, 0.3) is 0 Å². The van der Waals surface area contributed by atoms with Gasteiger partial charge in [0, 0.05) is 51.2 Å². The number of pyridine rings is 1. The summed E-state index contributed by atoms with van der Waals surface area (Å²) in [5.41, 5.74) is 0.770. The van der Waals surface area contributed by atoms with Crippen molar-refractivity contribution < 1.29 is 18.3 Å². The number of hydrogen-bond donors (Lipinski definition) is 2. The molecule has 37 heavy (non-hydrogen) atoms. The summed E-state index contributed by atoms with van der Waals surface area (Å²) in [7, 11) is -3.75. The summed E-state index contributed by atoms with van der Waals surface area (Å²) in [6.07, 6.45) is 4.03. The fraction of sp³-hybridized carbons (Fsp3) is 0.556. The van der Waals surface area contributed by atoms with Crippen molar-refractivity contribution in [2.45, 2.75) is 63.9 Å². The number of sulfonamides is 1. The molecule has 2 aromatic rings. The van der Waals surface area contributed by atoms with Crippen molar-refractivity contribution in [3.05, 3.63) is 48.2 Å². The van der Waals surface area contributed by atoms with E-state index in [-0.39, 0.29) is 10.3 Å². The number of carboxylic acid groups (broad SMARTS) is 1. The van der Waals surface area contributed by atoms with Gasteiger partial charge in [-0.15, -0.1) is 0 Å². The van der Waals surface area contributed by atoms with Crippen LogP contribution in [0.5, 0.6) is 0 Å². The minimum atomic E-state index is -3.75. The van der Waals surface area contributed by atoms with E-state index in [0.29, 0.717) is 31.9 Å². The molecule has 10 heteroatoms. The lowest BCUT2D eigenvalue weighted by Gasteiger charge is -2.54. The number of piperidine rings is 1. The van der Waals surface area contributed by atoms with E-state index in [1.165, 1.54) is 12.6 Å². The Hall–Kier alpha value is -2.85. The van der Waals surface area contributed by atoms with Gasteiger partial charge < -0.3 is 10.0 Å². The molecule has 0 saturated carbocycles. The zero-order chi connectivity index (χ0) is 26.8. The minimum Gasteiger partial charge on any atom is -0.465 e. The molecule has 202 valence electrons. The van der Waals surface area contributed by atoms with Crippen molar-refractivity contribution in [1.29, 1.82) is 0 Å². The smallest absolute Gasteiger partial charge is 0.407 e. The van der Waals surface area contributed by atoms with Gasteiger partial charge in [-0.05, 0) is 61.4 Å². The second-order valence-electron chi connectivity index (χ2n) is 11.4. The molecule has 4 rings (SSSR count). The van der Waals surface area contributed by atoms with Gasteiger partial charge in [-0.1, -0.05) is 32.9 Å². The Morgan fingerprint density at radius 2 is 1.70 bits per heavy atom. The number of nitrogens with zero attached hydrogens (tertiary/aromatic N) is 4. The van der Waals surface area contributed by atoms with Gasteiger partial charge >= 0.3 is 6.09 Å². The molecule has 0 spiro atoms. The normalized spacial score (nSPS) is 21.6. The highest BCUT2D eigenvalue weighted by Crippen LogP contribution is 2.38. The van der Waals surface area contributed by atoms with E-state index >= 15 is 0 Å². The Balaban J connectivity index is 1.39. The average molecular weight is 530 g/mol. The fourth-order valence-electron chi connectivity index (χ4n) is 5.16. The lowest BCUT2D eigenvalue weighted by atomic mass is 9.72. The fourth-order valence-corrected chi connectivity index (χ4v) is 6.17. The molecule has 0 radical (unpaired) electrons. The maximum absolute atomic E-state index is 12.9. The van der Waals surface area contributed by atoms with Crippen LogP contribution in [0.15, 0.2) is 47.5 Å². The first-order valence-electron chi connectivity index (χ1n) is 12.9. The van der Waals surface area contributed by atoms with Gasteiger partial charge in [0.1, 0.15) is 10.7 Å². The Bertz CT molecular complexity index is 1190. The predicted molar refractivity (Wildman–Crippen MR) is 145 cm³/mol. The van der Waals surface area contributed by atoms with Crippen molar-refractivity contribution >= 4 is 27.6 Å². The molecule has 2 aliphatic rings. The van der Waals surface area contributed by atoms with E-state index in [2.05, 4.69) is 40.3 Å².